The van der Waals surface area contributed by atoms with E-state index in [1.807, 2.05) is 6.92 Å². The predicted molar refractivity (Wildman–Crippen MR) is 74.3 cm³/mol. The molecule has 0 saturated heterocycles. The van der Waals surface area contributed by atoms with Crippen molar-refractivity contribution in [1.82, 2.24) is 5.32 Å². The first-order chi connectivity index (χ1) is 8.84. The summed E-state index contributed by atoms with van der Waals surface area (Å²) in [5, 5.41) is 7.66. The number of ether oxygens (including phenoxy) is 1. The number of benzene rings is 1. The van der Waals surface area contributed by atoms with E-state index < -0.39 is 10.0 Å². The second-order valence-corrected chi connectivity index (χ2v) is 6.19. The minimum Gasteiger partial charge on any atom is -0.483 e. The van der Waals surface area contributed by atoms with Crippen LogP contribution < -0.4 is 15.2 Å². The third kappa shape index (κ3) is 5.17. The van der Waals surface area contributed by atoms with Gasteiger partial charge >= 0.3 is 0 Å². The first-order valence-corrected chi connectivity index (χ1v) is 7.90. The molecule has 0 saturated carbocycles. The SMILES string of the molecule is CCCNC(=O)COc1ccc(S(N)(=O)=O)cc1Br. The van der Waals surface area contributed by atoms with Gasteiger partial charge in [-0.1, -0.05) is 6.92 Å². The molecule has 0 bridgehead atoms. The topological polar surface area (TPSA) is 98.5 Å². The first kappa shape index (κ1) is 15.9. The summed E-state index contributed by atoms with van der Waals surface area (Å²) < 4.78 is 28.0. The molecule has 6 nitrogen and oxygen atoms in total. The molecule has 0 spiro atoms. The molecule has 8 heteroatoms. The van der Waals surface area contributed by atoms with E-state index in [1.165, 1.54) is 18.2 Å². The van der Waals surface area contributed by atoms with Crippen molar-refractivity contribution in [1.29, 1.82) is 0 Å². The Labute approximate surface area is 120 Å². The fraction of sp³-hybridized carbons (Fsp3) is 0.364. The molecule has 19 heavy (non-hydrogen) atoms. The van der Waals surface area contributed by atoms with Gasteiger partial charge in [0.25, 0.3) is 5.91 Å². The van der Waals surface area contributed by atoms with Crippen LogP contribution in [0.15, 0.2) is 27.6 Å². The van der Waals surface area contributed by atoms with Crippen LogP contribution in [-0.2, 0) is 14.8 Å². The molecule has 0 unspecified atom stereocenters. The van der Waals surface area contributed by atoms with Crippen molar-refractivity contribution in [3.05, 3.63) is 22.7 Å². The van der Waals surface area contributed by atoms with E-state index in [-0.39, 0.29) is 17.4 Å². The molecule has 3 N–H and O–H groups in total. The number of hydrogen-bond acceptors (Lipinski definition) is 4. The lowest BCUT2D eigenvalue weighted by Gasteiger charge is -2.09. The maximum Gasteiger partial charge on any atom is 0.257 e. The smallest absolute Gasteiger partial charge is 0.257 e. The molecule has 1 amide bonds. The lowest BCUT2D eigenvalue weighted by Crippen LogP contribution is -2.29. The van der Waals surface area contributed by atoms with Gasteiger partial charge in [-0.15, -0.1) is 0 Å². The molecule has 0 aromatic heterocycles. The molecule has 0 atom stereocenters. The Kier molecular flexibility index (Phi) is 5.77. The molecular weight excluding hydrogens is 336 g/mol. The highest BCUT2D eigenvalue weighted by atomic mass is 79.9. The quantitative estimate of drug-likeness (QED) is 0.799. The third-order valence-corrected chi connectivity index (χ3v) is 3.69. The first-order valence-electron chi connectivity index (χ1n) is 5.56. The molecule has 1 rings (SSSR count). The Morgan fingerprint density at radius 3 is 2.68 bits per heavy atom. The number of rotatable bonds is 6. The van der Waals surface area contributed by atoms with E-state index in [0.29, 0.717) is 16.8 Å². The van der Waals surface area contributed by atoms with Crippen molar-refractivity contribution < 1.29 is 17.9 Å². The number of hydrogen-bond donors (Lipinski definition) is 2. The number of primary sulfonamides is 1. The Bertz CT molecular complexity index is 560. The Balaban J connectivity index is 2.68. The molecule has 0 aliphatic rings. The molecule has 0 aliphatic carbocycles. The zero-order valence-electron chi connectivity index (χ0n) is 10.3. The van der Waals surface area contributed by atoms with Crippen LogP contribution in [0, 0.1) is 0 Å². The van der Waals surface area contributed by atoms with E-state index in [1.54, 1.807) is 0 Å². The summed E-state index contributed by atoms with van der Waals surface area (Å²) in [6, 6.07) is 4.09. The van der Waals surface area contributed by atoms with Crippen molar-refractivity contribution in [3.63, 3.8) is 0 Å². The van der Waals surface area contributed by atoms with Crippen molar-refractivity contribution in [3.8, 4) is 5.75 Å². The predicted octanol–water partition coefficient (Wildman–Crippen LogP) is 1.00. The normalized spacial score (nSPS) is 11.1. The van der Waals surface area contributed by atoms with E-state index in [4.69, 9.17) is 9.88 Å². The van der Waals surface area contributed by atoms with Crippen molar-refractivity contribution in [2.75, 3.05) is 13.2 Å². The molecule has 106 valence electrons. The van der Waals surface area contributed by atoms with Gasteiger partial charge in [-0.25, -0.2) is 13.6 Å². The summed E-state index contributed by atoms with van der Waals surface area (Å²) in [7, 11) is -3.75. The second-order valence-electron chi connectivity index (χ2n) is 3.78. The lowest BCUT2D eigenvalue weighted by atomic mass is 10.3. The number of carbonyl (C=O) groups is 1. The summed E-state index contributed by atoms with van der Waals surface area (Å²) in [5.74, 6) is 0.142. The van der Waals surface area contributed by atoms with Gasteiger partial charge in [0, 0.05) is 6.54 Å². The van der Waals surface area contributed by atoms with Crippen LogP contribution in [-0.4, -0.2) is 27.5 Å². The maximum absolute atomic E-state index is 11.3. The molecule has 1 aromatic carbocycles. The van der Waals surface area contributed by atoms with Gasteiger partial charge in [-0.3, -0.25) is 4.79 Å². The van der Waals surface area contributed by atoms with Crippen LogP contribution in [0.1, 0.15) is 13.3 Å². The highest BCUT2D eigenvalue weighted by Crippen LogP contribution is 2.27. The number of halogens is 1. The summed E-state index contributed by atoms with van der Waals surface area (Å²) in [6.45, 7) is 2.41. The van der Waals surface area contributed by atoms with E-state index in [2.05, 4.69) is 21.2 Å². The highest BCUT2D eigenvalue weighted by Gasteiger charge is 2.11. The van der Waals surface area contributed by atoms with Gasteiger partial charge in [0.2, 0.25) is 10.0 Å². The third-order valence-electron chi connectivity index (χ3n) is 2.16. The standard InChI is InChI=1S/C11H15BrN2O4S/c1-2-5-14-11(15)7-18-10-4-3-8(6-9(10)12)19(13,16)17/h3-4,6H,2,5,7H2,1H3,(H,14,15)(H2,13,16,17). The number of nitrogens with two attached hydrogens (primary N) is 1. The average molecular weight is 351 g/mol. The molecular formula is C11H15BrN2O4S. The van der Waals surface area contributed by atoms with E-state index in [9.17, 15) is 13.2 Å². The van der Waals surface area contributed by atoms with Crippen molar-refractivity contribution in [2.24, 2.45) is 5.14 Å². The molecule has 0 radical (unpaired) electrons. The Morgan fingerprint density at radius 1 is 1.47 bits per heavy atom. The zero-order chi connectivity index (χ0) is 14.5. The lowest BCUT2D eigenvalue weighted by molar-refractivity contribution is -0.123. The van der Waals surface area contributed by atoms with Crippen LogP contribution in [0.2, 0.25) is 0 Å². The van der Waals surface area contributed by atoms with Crippen LogP contribution in [0.3, 0.4) is 0 Å². The van der Waals surface area contributed by atoms with Gasteiger partial charge in [0.1, 0.15) is 5.75 Å². The number of carbonyl (C=O) groups excluding carboxylic acids is 1. The maximum atomic E-state index is 11.3. The minimum absolute atomic E-state index is 0.0258. The van der Waals surface area contributed by atoms with Crippen molar-refractivity contribution >= 4 is 31.9 Å². The molecule has 0 fully saturated rings. The monoisotopic (exact) mass is 350 g/mol. The molecule has 1 aromatic rings. The number of sulfonamides is 1. The van der Waals surface area contributed by atoms with Gasteiger partial charge in [0.05, 0.1) is 9.37 Å². The van der Waals surface area contributed by atoms with E-state index >= 15 is 0 Å². The van der Waals surface area contributed by atoms with Crippen LogP contribution >= 0.6 is 15.9 Å². The summed E-state index contributed by atoms with van der Waals surface area (Å²) in [5.41, 5.74) is 0. The van der Waals surface area contributed by atoms with Crippen LogP contribution in [0.25, 0.3) is 0 Å². The number of nitrogens with one attached hydrogen (secondary N) is 1. The van der Waals surface area contributed by atoms with Crippen LogP contribution in [0.4, 0.5) is 0 Å². The van der Waals surface area contributed by atoms with E-state index in [0.717, 1.165) is 6.42 Å². The Hall–Kier alpha value is -1.12. The fourth-order valence-electron chi connectivity index (χ4n) is 1.23. The number of amides is 1. The summed E-state index contributed by atoms with van der Waals surface area (Å²) in [6.07, 6.45) is 0.846. The van der Waals surface area contributed by atoms with Crippen LogP contribution in [0.5, 0.6) is 5.75 Å². The van der Waals surface area contributed by atoms with Gasteiger partial charge in [-0.2, -0.15) is 0 Å². The second kappa shape index (κ2) is 6.88. The Morgan fingerprint density at radius 2 is 2.16 bits per heavy atom. The average Bonchev–Trinajstić information content (AvgIpc) is 2.33. The van der Waals surface area contributed by atoms with Gasteiger partial charge < -0.3 is 10.1 Å². The minimum atomic E-state index is -3.75. The van der Waals surface area contributed by atoms with Gasteiger partial charge in [0.15, 0.2) is 6.61 Å². The fourth-order valence-corrected chi connectivity index (χ4v) is 2.42. The molecule has 0 aliphatic heterocycles. The highest BCUT2D eigenvalue weighted by molar-refractivity contribution is 9.10. The molecule has 0 heterocycles. The zero-order valence-corrected chi connectivity index (χ0v) is 12.8. The van der Waals surface area contributed by atoms with Crippen molar-refractivity contribution in [2.45, 2.75) is 18.2 Å². The summed E-state index contributed by atoms with van der Waals surface area (Å²) in [4.78, 5) is 11.3. The summed E-state index contributed by atoms with van der Waals surface area (Å²) >= 11 is 3.17. The largest absolute Gasteiger partial charge is 0.483 e. The van der Waals surface area contributed by atoms with Gasteiger partial charge in [-0.05, 0) is 40.5 Å².